The van der Waals surface area contributed by atoms with Gasteiger partial charge in [-0.05, 0) is 54.4 Å². The zero-order valence-electron chi connectivity index (χ0n) is 17.8. The summed E-state index contributed by atoms with van der Waals surface area (Å²) in [7, 11) is -7.12. The predicted octanol–water partition coefficient (Wildman–Crippen LogP) is 5.30. The standard InChI is InChI=1S/C24H20FNO4S3/c1-16-3-5-17(6-4-16)15-33(29,30)24-26-22(18-7-11-20(25)12-8-18)23(31-24)19-9-13-21(14-10-19)32(2,27)28/h3-14H,15H2,1-2H3. The molecule has 0 radical (unpaired) electrons. The summed E-state index contributed by atoms with van der Waals surface area (Å²) < 4.78 is 63.4. The molecule has 0 atom stereocenters. The van der Waals surface area contributed by atoms with Gasteiger partial charge in [-0.25, -0.2) is 26.2 Å². The van der Waals surface area contributed by atoms with Gasteiger partial charge in [0.15, 0.2) is 9.84 Å². The number of thiazole rings is 1. The summed E-state index contributed by atoms with van der Waals surface area (Å²) in [5, 5.41) is 0. The molecule has 0 amide bonds. The van der Waals surface area contributed by atoms with E-state index in [2.05, 4.69) is 4.98 Å². The molecule has 9 heteroatoms. The molecule has 0 spiro atoms. The molecule has 0 unspecified atom stereocenters. The van der Waals surface area contributed by atoms with Crippen LogP contribution in [-0.2, 0) is 25.4 Å². The van der Waals surface area contributed by atoms with Crippen LogP contribution in [0.4, 0.5) is 4.39 Å². The smallest absolute Gasteiger partial charge is 0.210 e. The molecular formula is C24H20FNO4S3. The summed E-state index contributed by atoms with van der Waals surface area (Å²) >= 11 is 1.01. The van der Waals surface area contributed by atoms with Gasteiger partial charge < -0.3 is 0 Å². The van der Waals surface area contributed by atoms with Crippen LogP contribution < -0.4 is 0 Å². The number of aryl methyl sites for hydroxylation is 1. The molecule has 1 aromatic heterocycles. The maximum absolute atomic E-state index is 13.5. The Balaban J connectivity index is 1.81. The van der Waals surface area contributed by atoms with Crippen molar-refractivity contribution in [2.45, 2.75) is 21.9 Å². The molecule has 0 aliphatic heterocycles. The van der Waals surface area contributed by atoms with Crippen molar-refractivity contribution in [2.75, 3.05) is 6.26 Å². The highest BCUT2D eigenvalue weighted by molar-refractivity contribution is 7.92. The summed E-state index contributed by atoms with van der Waals surface area (Å²) in [6, 6.07) is 19.1. The maximum Gasteiger partial charge on any atom is 0.210 e. The van der Waals surface area contributed by atoms with Gasteiger partial charge in [0, 0.05) is 11.8 Å². The van der Waals surface area contributed by atoms with E-state index in [0.29, 0.717) is 27.3 Å². The molecule has 0 aliphatic carbocycles. The van der Waals surface area contributed by atoms with E-state index in [1.807, 2.05) is 19.1 Å². The lowest BCUT2D eigenvalue weighted by molar-refractivity contribution is 0.594. The van der Waals surface area contributed by atoms with Gasteiger partial charge in [-0.2, -0.15) is 0 Å². The van der Waals surface area contributed by atoms with Crippen molar-refractivity contribution in [3.05, 3.63) is 89.7 Å². The zero-order chi connectivity index (χ0) is 23.8. The molecule has 0 aliphatic rings. The normalized spacial score (nSPS) is 12.1. The minimum Gasteiger partial charge on any atom is -0.224 e. The number of rotatable bonds is 6. The van der Waals surface area contributed by atoms with Crippen molar-refractivity contribution in [3.63, 3.8) is 0 Å². The van der Waals surface area contributed by atoms with Gasteiger partial charge in [0.1, 0.15) is 5.82 Å². The molecule has 0 saturated heterocycles. The van der Waals surface area contributed by atoms with Crippen LogP contribution >= 0.6 is 11.3 Å². The minimum absolute atomic E-state index is 0.0513. The Morgan fingerprint density at radius 1 is 0.818 bits per heavy atom. The van der Waals surface area contributed by atoms with Crippen LogP contribution in [0, 0.1) is 12.7 Å². The number of nitrogens with zero attached hydrogens (tertiary/aromatic N) is 1. The highest BCUT2D eigenvalue weighted by atomic mass is 32.2. The summed E-state index contributed by atoms with van der Waals surface area (Å²) in [4.78, 5) is 5.15. The fourth-order valence-corrected chi connectivity index (χ4v) is 6.63. The molecule has 0 fully saturated rings. The summed E-state index contributed by atoms with van der Waals surface area (Å²) in [6.07, 6.45) is 1.12. The number of aromatic nitrogens is 1. The highest BCUT2D eigenvalue weighted by Crippen LogP contribution is 2.39. The minimum atomic E-state index is -3.75. The Morgan fingerprint density at radius 2 is 1.39 bits per heavy atom. The van der Waals surface area contributed by atoms with E-state index < -0.39 is 25.5 Å². The molecule has 4 aromatic rings. The number of benzene rings is 3. The van der Waals surface area contributed by atoms with Crippen LogP contribution in [-0.4, -0.2) is 28.1 Å². The third kappa shape index (κ3) is 5.21. The largest absolute Gasteiger partial charge is 0.224 e. The lowest BCUT2D eigenvalue weighted by Gasteiger charge is -2.04. The first-order valence-corrected chi connectivity index (χ1v) is 14.2. The highest BCUT2D eigenvalue weighted by Gasteiger charge is 2.25. The Morgan fingerprint density at radius 3 is 1.97 bits per heavy atom. The van der Waals surface area contributed by atoms with Crippen LogP contribution in [0.5, 0.6) is 0 Å². The second-order valence-corrected chi connectivity index (χ2v) is 12.9. The summed E-state index contributed by atoms with van der Waals surface area (Å²) in [6.45, 7) is 1.93. The molecule has 0 N–H and O–H groups in total. The van der Waals surface area contributed by atoms with Crippen molar-refractivity contribution >= 4 is 31.0 Å². The van der Waals surface area contributed by atoms with E-state index in [1.54, 1.807) is 24.3 Å². The van der Waals surface area contributed by atoms with Gasteiger partial charge in [0.05, 0.1) is 21.2 Å². The van der Waals surface area contributed by atoms with Crippen LogP contribution in [0.2, 0.25) is 0 Å². The van der Waals surface area contributed by atoms with Gasteiger partial charge in [-0.15, -0.1) is 11.3 Å². The first kappa shape index (κ1) is 23.3. The van der Waals surface area contributed by atoms with E-state index in [1.165, 1.54) is 36.4 Å². The van der Waals surface area contributed by atoms with Crippen molar-refractivity contribution in [2.24, 2.45) is 0 Å². The molecule has 5 nitrogen and oxygen atoms in total. The number of halogens is 1. The van der Waals surface area contributed by atoms with E-state index in [4.69, 9.17) is 0 Å². The second-order valence-electron chi connectivity index (χ2n) is 7.71. The Hall–Kier alpha value is -2.88. The van der Waals surface area contributed by atoms with Crippen molar-refractivity contribution in [3.8, 4) is 21.7 Å². The topological polar surface area (TPSA) is 81.2 Å². The van der Waals surface area contributed by atoms with Crippen LogP contribution in [0.3, 0.4) is 0 Å². The van der Waals surface area contributed by atoms with Gasteiger partial charge in [0.2, 0.25) is 14.2 Å². The lowest BCUT2D eigenvalue weighted by Crippen LogP contribution is -2.04. The first-order valence-electron chi connectivity index (χ1n) is 9.88. The SMILES string of the molecule is Cc1ccc(CS(=O)(=O)c2nc(-c3ccc(F)cc3)c(-c3ccc(S(C)(=O)=O)cc3)s2)cc1. The van der Waals surface area contributed by atoms with Gasteiger partial charge in [0.25, 0.3) is 0 Å². The third-order valence-electron chi connectivity index (χ3n) is 5.01. The average Bonchev–Trinajstić information content (AvgIpc) is 3.22. The molecule has 0 saturated carbocycles. The molecule has 170 valence electrons. The number of sulfone groups is 2. The Labute approximate surface area is 196 Å². The summed E-state index contributed by atoms with van der Waals surface area (Å²) in [5.74, 6) is -0.615. The van der Waals surface area contributed by atoms with Crippen LogP contribution in [0.15, 0.2) is 82.0 Å². The Bertz CT molecular complexity index is 1510. The maximum atomic E-state index is 13.5. The lowest BCUT2D eigenvalue weighted by atomic mass is 10.1. The zero-order valence-corrected chi connectivity index (χ0v) is 20.3. The van der Waals surface area contributed by atoms with Gasteiger partial charge >= 0.3 is 0 Å². The average molecular weight is 502 g/mol. The fraction of sp³-hybridized carbons (Fsp3) is 0.125. The van der Waals surface area contributed by atoms with Crippen LogP contribution in [0.25, 0.3) is 21.7 Å². The first-order chi connectivity index (χ1) is 15.5. The van der Waals surface area contributed by atoms with E-state index in [0.717, 1.165) is 23.2 Å². The van der Waals surface area contributed by atoms with E-state index in [-0.39, 0.29) is 15.0 Å². The molecule has 3 aromatic carbocycles. The molecule has 33 heavy (non-hydrogen) atoms. The van der Waals surface area contributed by atoms with Crippen LogP contribution in [0.1, 0.15) is 11.1 Å². The Kier molecular flexibility index (Phi) is 6.22. The van der Waals surface area contributed by atoms with E-state index in [9.17, 15) is 21.2 Å². The van der Waals surface area contributed by atoms with Crippen molar-refractivity contribution in [1.29, 1.82) is 0 Å². The predicted molar refractivity (Wildman–Crippen MR) is 128 cm³/mol. The molecule has 1 heterocycles. The van der Waals surface area contributed by atoms with Crippen molar-refractivity contribution < 1.29 is 21.2 Å². The number of hydrogen-bond donors (Lipinski definition) is 0. The van der Waals surface area contributed by atoms with Gasteiger partial charge in [-0.1, -0.05) is 42.0 Å². The molecule has 4 rings (SSSR count). The second kappa shape index (κ2) is 8.81. The monoisotopic (exact) mass is 501 g/mol. The third-order valence-corrected chi connectivity index (χ3v) is 9.39. The summed E-state index contributed by atoms with van der Waals surface area (Å²) in [5.41, 5.74) is 3.26. The quantitative estimate of drug-likeness (QED) is 0.358. The van der Waals surface area contributed by atoms with Gasteiger partial charge in [-0.3, -0.25) is 0 Å². The molecule has 0 bridgehead atoms. The van der Waals surface area contributed by atoms with E-state index >= 15 is 0 Å². The number of hydrogen-bond acceptors (Lipinski definition) is 6. The van der Waals surface area contributed by atoms with Crippen molar-refractivity contribution in [1.82, 2.24) is 4.98 Å². The fourth-order valence-electron chi connectivity index (χ4n) is 3.25. The molecular weight excluding hydrogens is 481 g/mol.